The molecule has 0 atom stereocenters. The molecule has 98 valence electrons. The van der Waals surface area contributed by atoms with Gasteiger partial charge < -0.3 is 0 Å². The Balaban J connectivity index is 1.77. The maximum Gasteiger partial charge on any atom is 0.125 e. The summed E-state index contributed by atoms with van der Waals surface area (Å²) in [6, 6.07) is 11.8. The average Bonchev–Trinajstić information content (AvgIpc) is 2.47. The van der Waals surface area contributed by atoms with Crippen LogP contribution in [0.5, 0.6) is 0 Å². The van der Waals surface area contributed by atoms with Crippen molar-refractivity contribution in [2.24, 2.45) is 5.10 Å². The number of hydrogen-bond acceptors (Lipinski definition) is 4. The van der Waals surface area contributed by atoms with Crippen LogP contribution in [0.25, 0.3) is 11.0 Å². The molecule has 20 heavy (non-hydrogen) atoms. The van der Waals surface area contributed by atoms with Gasteiger partial charge in [0.2, 0.25) is 0 Å². The molecule has 1 aromatic heterocycles. The first-order valence-electron chi connectivity index (χ1n) is 6.07. The second-order valence-electron chi connectivity index (χ2n) is 4.18. The molecule has 4 nitrogen and oxygen atoms in total. The van der Waals surface area contributed by atoms with Crippen LogP contribution in [-0.2, 0) is 0 Å². The van der Waals surface area contributed by atoms with E-state index in [0.29, 0.717) is 5.69 Å². The Labute approximate surface area is 115 Å². The summed E-state index contributed by atoms with van der Waals surface area (Å²) in [5.74, 6) is -0.300. The van der Waals surface area contributed by atoms with Gasteiger partial charge in [-0.15, -0.1) is 0 Å². The highest BCUT2D eigenvalue weighted by Crippen LogP contribution is 2.11. The van der Waals surface area contributed by atoms with Crippen molar-refractivity contribution in [1.82, 2.24) is 9.97 Å². The van der Waals surface area contributed by atoms with Gasteiger partial charge in [0.05, 0.1) is 22.9 Å². The molecule has 0 bridgehead atoms. The van der Waals surface area contributed by atoms with Crippen molar-refractivity contribution in [2.75, 3.05) is 5.43 Å². The zero-order valence-electron chi connectivity index (χ0n) is 10.5. The van der Waals surface area contributed by atoms with Crippen LogP contribution < -0.4 is 5.43 Å². The molecule has 0 radical (unpaired) electrons. The minimum absolute atomic E-state index is 0.300. The summed E-state index contributed by atoms with van der Waals surface area (Å²) in [7, 11) is 0. The number of anilines is 1. The lowest BCUT2D eigenvalue weighted by Crippen LogP contribution is -1.92. The third-order valence-electron chi connectivity index (χ3n) is 2.73. The summed E-state index contributed by atoms with van der Waals surface area (Å²) in [4.78, 5) is 8.42. The standard InChI is InChI=1S/C15H11FN4/c16-12-2-1-3-13(9-12)20-19-10-11-4-5-14-15(8-11)18-7-6-17-14/h1-10,20H. The summed E-state index contributed by atoms with van der Waals surface area (Å²) in [6.07, 6.45) is 4.95. The van der Waals surface area contributed by atoms with Gasteiger partial charge in [-0.1, -0.05) is 12.1 Å². The molecule has 5 heteroatoms. The van der Waals surface area contributed by atoms with Crippen molar-refractivity contribution in [2.45, 2.75) is 0 Å². The Bertz CT molecular complexity index is 770. The van der Waals surface area contributed by atoms with Gasteiger partial charge >= 0.3 is 0 Å². The molecule has 0 aliphatic carbocycles. The third kappa shape index (κ3) is 2.77. The largest absolute Gasteiger partial charge is 0.278 e. The van der Waals surface area contributed by atoms with Crippen molar-refractivity contribution in [3.8, 4) is 0 Å². The first kappa shape index (κ1) is 12.2. The number of nitrogens with one attached hydrogen (secondary N) is 1. The number of aromatic nitrogens is 2. The fourth-order valence-electron chi connectivity index (χ4n) is 1.80. The molecule has 0 fully saturated rings. The molecule has 0 aliphatic heterocycles. The highest BCUT2D eigenvalue weighted by atomic mass is 19.1. The number of nitrogens with zero attached hydrogens (tertiary/aromatic N) is 3. The van der Waals surface area contributed by atoms with Crippen molar-refractivity contribution in [3.63, 3.8) is 0 Å². The molecule has 0 saturated carbocycles. The molecule has 3 rings (SSSR count). The quantitative estimate of drug-likeness (QED) is 0.585. The van der Waals surface area contributed by atoms with Crippen LogP contribution in [0.2, 0.25) is 0 Å². The Kier molecular flexibility index (Phi) is 3.33. The Morgan fingerprint density at radius 3 is 2.70 bits per heavy atom. The molecule has 0 saturated heterocycles. The minimum Gasteiger partial charge on any atom is -0.278 e. The van der Waals surface area contributed by atoms with Crippen molar-refractivity contribution in [1.29, 1.82) is 0 Å². The lowest BCUT2D eigenvalue weighted by molar-refractivity contribution is 0.628. The fourth-order valence-corrected chi connectivity index (χ4v) is 1.80. The molecule has 1 heterocycles. The molecule has 0 amide bonds. The van der Waals surface area contributed by atoms with Crippen LogP contribution in [0.4, 0.5) is 10.1 Å². The molecule has 2 aromatic carbocycles. The average molecular weight is 266 g/mol. The van der Waals surface area contributed by atoms with Crippen molar-refractivity contribution in [3.05, 3.63) is 66.2 Å². The van der Waals surface area contributed by atoms with E-state index in [0.717, 1.165) is 16.6 Å². The van der Waals surface area contributed by atoms with Gasteiger partial charge in [0.1, 0.15) is 5.82 Å². The van der Waals surface area contributed by atoms with Gasteiger partial charge in [-0.05, 0) is 35.9 Å². The van der Waals surface area contributed by atoms with E-state index in [1.54, 1.807) is 30.7 Å². The number of rotatable bonds is 3. The first-order chi connectivity index (χ1) is 9.81. The van der Waals surface area contributed by atoms with Gasteiger partial charge in [-0.2, -0.15) is 5.10 Å². The Hall–Kier alpha value is -2.82. The maximum atomic E-state index is 13.0. The van der Waals surface area contributed by atoms with E-state index < -0.39 is 0 Å². The second kappa shape index (κ2) is 5.44. The normalized spacial score (nSPS) is 11.1. The van der Waals surface area contributed by atoms with Gasteiger partial charge in [-0.25, -0.2) is 4.39 Å². The number of fused-ring (bicyclic) bond motifs is 1. The van der Waals surface area contributed by atoms with Crippen molar-refractivity contribution < 1.29 is 4.39 Å². The Morgan fingerprint density at radius 2 is 1.85 bits per heavy atom. The van der Waals surface area contributed by atoms with Crippen molar-refractivity contribution >= 4 is 22.9 Å². The summed E-state index contributed by atoms with van der Waals surface area (Å²) in [5.41, 5.74) is 5.91. The van der Waals surface area contributed by atoms with E-state index in [9.17, 15) is 4.39 Å². The van der Waals surface area contributed by atoms with Gasteiger partial charge in [0, 0.05) is 12.4 Å². The predicted molar refractivity (Wildman–Crippen MR) is 77.2 cm³/mol. The summed E-state index contributed by atoms with van der Waals surface area (Å²) in [6.45, 7) is 0. The minimum atomic E-state index is -0.300. The maximum absolute atomic E-state index is 13.0. The topological polar surface area (TPSA) is 50.2 Å². The molecule has 1 N–H and O–H groups in total. The fraction of sp³-hybridized carbons (Fsp3) is 0. The lowest BCUT2D eigenvalue weighted by atomic mass is 10.2. The van der Waals surface area contributed by atoms with E-state index in [4.69, 9.17) is 0 Å². The molecule has 3 aromatic rings. The van der Waals surface area contributed by atoms with Crippen LogP contribution in [0, 0.1) is 5.82 Å². The zero-order valence-corrected chi connectivity index (χ0v) is 10.5. The van der Waals surface area contributed by atoms with E-state index in [1.807, 2.05) is 18.2 Å². The number of hydrogen-bond donors (Lipinski definition) is 1. The second-order valence-corrected chi connectivity index (χ2v) is 4.18. The number of benzene rings is 2. The summed E-state index contributed by atoms with van der Waals surface area (Å²) < 4.78 is 13.0. The van der Waals surface area contributed by atoms with Crippen LogP contribution in [0.3, 0.4) is 0 Å². The Morgan fingerprint density at radius 1 is 1.00 bits per heavy atom. The van der Waals surface area contributed by atoms with E-state index in [-0.39, 0.29) is 5.82 Å². The first-order valence-corrected chi connectivity index (χ1v) is 6.07. The van der Waals surface area contributed by atoms with Crippen LogP contribution in [0.15, 0.2) is 60.0 Å². The van der Waals surface area contributed by atoms with Gasteiger partial charge in [0.15, 0.2) is 0 Å². The predicted octanol–water partition coefficient (Wildman–Crippen LogP) is 3.21. The highest BCUT2D eigenvalue weighted by molar-refractivity contribution is 5.86. The van der Waals surface area contributed by atoms with E-state index in [1.165, 1.54) is 12.1 Å². The summed E-state index contributed by atoms with van der Waals surface area (Å²) >= 11 is 0. The summed E-state index contributed by atoms with van der Waals surface area (Å²) in [5, 5.41) is 4.07. The van der Waals surface area contributed by atoms with Crippen LogP contribution in [-0.4, -0.2) is 16.2 Å². The van der Waals surface area contributed by atoms with E-state index in [2.05, 4.69) is 20.5 Å². The van der Waals surface area contributed by atoms with Crippen LogP contribution >= 0.6 is 0 Å². The molecular formula is C15H11FN4. The van der Waals surface area contributed by atoms with Crippen LogP contribution in [0.1, 0.15) is 5.56 Å². The molecular weight excluding hydrogens is 255 g/mol. The SMILES string of the molecule is Fc1cccc(NN=Cc2ccc3nccnc3c2)c1. The zero-order chi connectivity index (χ0) is 13.8. The molecule has 0 aliphatic rings. The van der Waals surface area contributed by atoms with Gasteiger partial charge in [-0.3, -0.25) is 15.4 Å². The highest BCUT2D eigenvalue weighted by Gasteiger charge is 1.96. The third-order valence-corrected chi connectivity index (χ3v) is 2.73. The molecule has 0 spiro atoms. The number of hydrazone groups is 1. The monoisotopic (exact) mass is 266 g/mol. The number of halogens is 1. The molecule has 0 unspecified atom stereocenters. The van der Waals surface area contributed by atoms with Gasteiger partial charge in [0.25, 0.3) is 0 Å². The smallest absolute Gasteiger partial charge is 0.125 e. The van der Waals surface area contributed by atoms with E-state index >= 15 is 0 Å². The lowest BCUT2D eigenvalue weighted by Gasteiger charge is -2.00.